The highest BCUT2D eigenvalue weighted by atomic mass is 32.2. The van der Waals surface area contributed by atoms with Gasteiger partial charge >= 0.3 is 11.9 Å². The van der Waals surface area contributed by atoms with Crippen LogP contribution in [0.4, 0.5) is 0 Å². The minimum atomic E-state index is -3.79. The fourth-order valence-corrected chi connectivity index (χ4v) is 9.71. The third-order valence-electron chi connectivity index (χ3n) is 10.9. The van der Waals surface area contributed by atoms with Crippen LogP contribution in [0, 0.1) is 11.8 Å². The summed E-state index contributed by atoms with van der Waals surface area (Å²) in [5.74, 6) is -0.0305. The Balaban J connectivity index is 1.03. The van der Waals surface area contributed by atoms with Gasteiger partial charge in [-0.05, 0) is 136 Å². The van der Waals surface area contributed by atoms with Crippen LogP contribution in [-0.4, -0.2) is 42.0 Å². The van der Waals surface area contributed by atoms with Gasteiger partial charge in [0.05, 0.1) is 44.6 Å². The van der Waals surface area contributed by atoms with Crippen molar-refractivity contribution < 1.29 is 45.4 Å². The first-order valence-corrected chi connectivity index (χ1v) is 24.6. The molecule has 0 saturated heterocycles. The Morgan fingerprint density at radius 1 is 0.417 bits per heavy atom. The Hall–Kier alpha value is -4.68. The van der Waals surface area contributed by atoms with Crippen LogP contribution in [0.5, 0.6) is 23.0 Å². The number of sulfone groups is 2. The van der Waals surface area contributed by atoms with Crippen molar-refractivity contribution in [3.05, 3.63) is 97.1 Å². The van der Waals surface area contributed by atoms with Gasteiger partial charge in [0.1, 0.15) is 23.0 Å². The van der Waals surface area contributed by atoms with Gasteiger partial charge < -0.3 is 18.9 Å². The maximum absolute atomic E-state index is 13.3. The highest BCUT2D eigenvalue weighted by Crippen LogP contribution is 2.33. The van der Waals surface area contributed by atoms with Crippen molar-refractivity contribution in [3.63, 3.8) is 0 Å². The summed E-state index contributed by atoms with van der Waals surface area (Å²) in [7, 11) is -7.59. The van der Waals surface area contributed by atoms with E-state index in [2.05, 4.69) is 13.8 Å². The van der Waals surface area contributed by atoms with E-state index in [9.17, 15) is 26.4 Å². The Morgan fingerprint density at radius 2 is 0.683 bits per heavy atom. The van der Waals surface area contributed by atoms with E-state index in [-0.39, 0.29) is 31.1 Å². The predicted molar refractivity (Wildman–Crippen MR) is 231 cm³/mol. The van der Waals surface area contributed by atoms with Crippen molar-refractivity contribution in [2.75, 3.05) is 13.2 Å². The molecule has 0 aromatic heterocycles. The second-order valence-electron chi connectivity index (χ2n) is 15.5. The van der Waals surface area contributed by atoms with Crippen LogP contribution >= 0.6 is 0 Å². The normalized spacial score (nSPS) is 15.6. The summed E-state index contributed by atoms with van der Waals surface area (Å²) in [5.41, 5.74) is 0. The average Bonchev–Trinajstić information content (AvgIpc) is 3.26. The third kappa shape index (κ3) is 13.7. The van der Waals surface area contributed by atoms with E-state index in [4.69, 9.17) is 18.9 Å². The number of carbonyl (C=O) groups excluding carboxylic acids is 2. The molecule has 10 nitrogen and oxygen atoms in total. The van der Waals surface area contributed by atoms with Crippen molar-refractivity contribution in [2.45, 2.75) is 136 Å². The topological polar surface area (TPSA) is 139 Å². The first-order valence-electron chi connectivity index (χ1n) is 21.6. The minimum absolute atomic E-state index is 0.0766. The van der Waals surface area contributed by atoms with Gasteiger partial charge in [-0.2, -0.15) is 0 Å². The number of ether oxygens (including phenoxy) is 4. The van der Waals surface area contributed by atoms with Crippen molar-refractivity contribution in [1.82, 2.24) is 0 Å². The zero-order valence-electron chi connectivity index (χ0n) is 35.0. The van der Waals surface area contributed by atoms with Crippen LogP contribution in [0.15, 0.2) is 117 Å². The zero-order valence-corrected chi connectivity index (χ0v) is 36.7. The standard InChI is InChI=1S/C48H60O10S2/c1-3-5-7-9-11-13-35-55-39-19-27-43(28-20-39)59(51,52)45-31-23-41(24-32-45)57-47(49)37-15-17-38(18-16-37)48(50)58-42-25-33-46(34-26-42)60(53,54)44-29-21-40(22-30-44)56-36-14-12-10-8-6-4-2/h19-34,37-38H,3-18,35-36H2,1-2H3. The zero-order chi connectivity index (χ0) is 42.8. The maximum Gasteiger partial charge on any atom is 0.314 e. The molecule has 0 atom stereocenters. The Morgan fingerprint density at radius 3 is 0.983 bits per heavy atom. The quantitative estimate of drug-likeness (QED) is 0.0380. The maximum atomic E-state index is 13.3. The lowest BCUT2D eigenvalue weighted by atomic mass is 9.82. The summed E-state index contributed by atoms with van der Waals surface area (Å²) in [6, 6.07) is 24.3. The van der Waals surface area contributed by atoms with E-state index in [1.165, 1.54) is 124 Å². The number of rotatable bonds is 24. The van der Waals surface area contributed by atoms with Crippen LogP contribution < -0.4 is 18.9 Å². The second kappa shape index (κ2) is 23.4. The molecule has 0 radical (unpaired) electrons. The second-order valence-corrected chi connectivity index (χ2v) is 19.4. The van der Waals surface area contributed by atoms with E-state index < -0.39 is 43.4 Å². The molecule has 0 N–H and O–H groups in total. The molecule has 4 aromatic rings. The van der Waals surface area contributed by atoms with Crippen molar-refractivity contribution >= 4 is 31.6 Å². The van der Waals surface area contributed by atoms with Crippen molar-refractivity contribution in [1.29, 1.82) is 0 Å². The van der Waals surface area contributed by atoms with E-state index in [1.54, 1.807) is 24.3 Å². The smallest absolute Gasteiger partial charge is 0.314 e. The van der Waals surface area contributed by atoms with Gasteiger partial charge in [0.2, 0.25) is 19.7 Å². The van der Waals surface area contributed by atoms with E-state index >= 15 is 0 Å². The molecule has 5 rings (SSSR count). The fourth-order valence-electron chi connectivity index (χ4n) is 7.18. The summed E-state index contributed by atoms with van der Waals surface area (Å²) in [6.45, 7) is 5.56. The van der Waals surface area contributed by atoms with Crippen molar-refractivity contribution in [2.24, 2.45) is 11.8 Å². The predicted octanol–water partition coefficient (Wildman–Crippen LogP) is 11.1. The first-order chi connectivity index (χ1) is 29.0. The molecule has 324 valence electrons. The van der Waals surface area contributed by atoms with E-state index in [0.29, 0.717) is 50.4 Å². The minimum Gasteiger partial charge on any atom is -0.494 e. The molecule has 12 heteroatoms. The lowest BCUT2D eigenvalue weighted by Gasteiger charge is -2.25. The van der Waals surface area contributed by atoms with Crippen LogP contribution in [0.3, 0.4) is 0 Å². The Kier molecular flexibility index (Phi) is 18.1. The fraction of sp³-hybridized carbons (Fsp3) is 0.458. The van der Waals surface area contributed by atoms with Gasteiger partial charge in [-0.15, -0.1) is 0 Å². The lowest BCUT2D eigenvalue weighted by Crippen LogP contribution is -2.30. The molecule has 0 aliphatic heterocycles. The first kappa shape index (κ1) is 46.4. The molecule has 1 saturated carbocycles. The average molecular weight is 861 g/mol. The molecule has 4 aromatic carbocycles. The molecule has 0 bridgehead atoms. The van der Waals surface area contributed by atoms with Crippen LogP contribution in [0.2, 0.25) is 0 Å². The number of carbonyl (C=O) groups is 2. The van der Waals surface area contributed by atoms with Gasteiger partial charge in [-0.25, -0.2) is 16.8 Å². The summed E-state index contributed by atoms with van der Waals surface area (Å²) in [6.07, 6.45) is 15.6. The molecule has 0 amide bonds. The molecule has 1 aliphatic carbocycles. The highest BCUT2D eigenvalue weighted by Gasteiger charge is 2.32. The summed E-state index contributed by atoms with van der Waals surface area (Å²) in [5, 5.41) is 0. The van der Waals surface area contributed by atoms with E-state index in [0.717, 1.165) is 25.7 Å². The molecule has 0 heterocycles. The number of unbranched alkanes of at least 4 members (excludes halogenated alkanes) is 10. The van der Waals surface area contributed by atoms with Gasteiger partial charge in [-0.1, -0.05) is 78.1 Å². The highest BCUT2D eigenvalue weighted by molar-refractivity contribution is 7.91. The summed E-state index contributed by atoms with van der Waals surface area (Å²) in [4.78, 5) is 26.5. The van der Waals surface area contributed by atoms with Gasteiger partial charge in [0, 0.05) is 0 Å². The van der Waals surface area contributed by atoms with Crippen LogP contribution in [-0.2, 0) is 29.3 Å². The molecular formula is C48H60O10S2. The lowest BCUT2D eigenvalue weighted by molar-refractivity contribution is -0.145. The molecule has 1 fully saturated rings. The Bertz CT molecular complexity index is 1980. The molecular weight excluding hydrogens is 801 g/mol. The number of hydrogen-bond acceptors (Lipinski definition) is 10. The molecule has 0 unspecified atom stereocenters. The van der Waals surface area contributed by atoms with Gasteiger partial charge in [0.25, 0.3) is 0 Å². The number of esters is 2. The third-order valence-corrected chi connectivity index (χ3v) is 14.5. The molecule has 1 aliphatic rings. The number of benzene rings is 4. The van der Waals surface area contributed by atoms with Crippen LogP contribution in [0.1, 0.15) is 117 Å². The summed E-state index contributed by atoms with van der Waals surface area (Å²) < 4.78 is 75.9. The van der Waals surface area contributed by atoms with Crippen LogP contribution in [0.25, 0.3) is 0 Å². The molecule has 0 spiro atoms. The SMILES string of the molecule is CCCCCCCCOc1ccc(S(=O)(=O)c2ccc(OC(=O)C3CCC(C(=O)Oc4ccc(S(=O)(=O)c5ccc(OCCCCCCCC)cc5)cc4)CC3)cc2)cc1. The molecule has 60 heavy (non-hydrogen) atoms. The van der Waals surface area contributed by atoms with E-state index in [1.807, 2.05) is 0 Å². The number of hydrogen-bond donors (Lipinski definition) is 0. The monoisotopic (exact) mass is 860 g/mol. The van der Waals surface area contributed by atoms with Crippen molar-refractivity contribution in [3.8, 4) is 23.0 Å². The van der Waals surface area contributed by atoms with Gasteiger partial charge in [-0.3, -0.25) is 9.59 Å². The van der Waals surface area contributed by atoms with Gasteiger partial charge in [0.15, 0.2) is 0 Å². The summed E-state index contributed by atoms with van der Waals surface area (Å²) >= 11 is 0. The Labute approximate surface area is 356 Å². The largest absolute Gasteiger partial charge is 0.494 e.